The Morgan fingerprint density at radius 1 is 1.22 bits per heavy atom. The lowest BCUT2D eigenvalue weighted by atomic mass is 9.92. The van der Waals surface area contributed by atoms with Gasteiger partial charge in [-0.2, -0.15) is 0 Å². The van der Waals surface area contributed by atoms with E-state index in [9.17, 15) is 0 Å². The first-order valence-electron chi connectivity index (χ1n) is 10.5. The van der Waals surface area contributed by atoms with E-state index in [0.29, 0.717) is 0 Å². The van der Waals surface area contributed by atoms with Gasteiger partial charge in [0.2, 0.25) is 0 Å². The molecule has 0 aliphatic carbocycles. The minimum absolute atomic E-state index is 0.810. The predicted molar refractivity (Wildman–Crippen MR) is 119 cm³/mol. The van der Waals surface area contributed by atoms with Gasteiger partial charge in [-0.3, -0.25) is 4.99 Å². The first-order valence-corrected chi connectivity index (χ1v) is 10.5. The van der Waals surface area contributed by atoms with Crippen LogP contribution in [0.15, 0.2) is 35.0 Å². The molecule has 0 aromatic heterocycles. The molecule has 3 nitrogen and oxygen atoms in total. The molecular weight excluding hydrogens is 330 g/mol. The highest BCUT2D eigenvalue weighted by Crippen LogP contribution is 2.27. The zero-order valence-corrected chi connectivity index (χ0v) is 17.7. The summed E-state index contributed by atoms with van der Waals surface area (Å²) in [5.41, 5.74) is 10.7. The fraction of sp³-hybridized carbons (Fsp3) is 0.542. The number of hydrogen-bond donors (Lipinski definition) is 1. The normalized spacial score (nSPS) is 20.1. The molecule has 2 rings (SSSR count). The third-order valence-corrected chi connectivity index (χ3v) is 5.66. The fourth-order valence-electron chi connectivity index (χ4n) is 4.24. The molecule has 1 aliphatic heterocycles. The minimum atomic E-state index is 0.810. The van der Waals surface area contributed by atoms with Crippen LogP contribution in [-0.4, -0.2) is 30.7 Å². The Morgan fingerprint density at radius 2 is 1.93 bits per heavy atom. The van der Waals surface area contributed by atoms with Crippen LogP contribution in [-0.2, 0) is 0 Å². The molecule has 27 heavy (non-hydrogen) atoms. The molecule has 2 N–H and O–H groups in total. The van der Waals surface area contributed by atoms with Gasteiger partial charge in [0.1, 0.15) is 0 Å². The number of piperidine rings is 1. The summed E-state index contributed by atoms with van der Waals surface area (Å²) in [6.45, 7) is 13.1. The zero-order chi connectivity index (χ0) is 19.8. The van der Waals surface area contributed by atoms with Crippen molar-refractivity contribution in [3.63, 3.8) is 0 Å². The molecule has 1 heterocycles. The van der Waals surface area contributed by atoms with Gasteiger partial charge in [0.15, 0.2) is 0 Å². The maximum atomic E-state index is 6.09. The van der Waals surface area contributed by atoms with Crippen LogP contribution in [0.2, 0.25) is 0 Å². The zero-order valence-electron chi connectivity index (χ0n) is 17.7. The second-order valence-electron chi connectivity index (χ2n) is 7.73. The van der Waals surface area contributed by atoms with E-state index in [1.165, 1.54) is 48.6 Å². The third kappa shape index (κ3) is 5.24. The van der Waals surface area contributed by atoms with Crippen LogP contribution in [0.3, 0.4) is 0 Å². The number of likely N-dealkylation sites (tertiary alicyclic amines) is 1. The quantitative estimate of drug-likeness (QED) is 0.798. The van der Waals surface area contributed by atoms with E-state index in [1.807, 2.05) is 7.05 Å². The van der Waals surface area contributed by atoms with Gasteiger partial charge in [-0.05, 0) is 30.5 Å². The molecule has 0 atom stereocenters. The number of aryl methyl sites for hydroxylation is 1. The standard InChI is InChI=1S/C24H37N3/c1-6-8-20(9-7-2)12-14-27-15-13-23(26-5)22(17-25)24(27)21-16-18(3)10-11-19(21)4/h10-11,16-17,20H,4,6-9,12-15,25H2,1-3,5H3/b22-17?,24-21+,26-23?. The van der Waals surface area contributed by atoms with Gasteiger partial charge in [0.05, 0.1) is 5.70 Å². The van der Waals surface area contributed by atoms with Crippen molar-refractivity contribution >= 4 is 18.0 Å². The van der Waals surface area contributed by atoms with Crippen LogP contribution in [0.25, 0.3) is 12.3 Å². The van der Waals surface area contributed by atoms with E-state index in [0.717, 1.165) is 41.9 Å². The van der Waals surface area contributed by atoms with Crippen molar-refractivity contribution in [2.24, 2.45) is 16.6 Å². The monoisotopic (exact) mass is 367 g/mol. The molecule has 0 spiro atoms. The lowest BCUT2D eigenvalue weighted by Gasteiger charge is -2.35. The minimum Gasteiger partial charge on any atom is -0.404 e. The van der Waals surface area contributed by atoms with E-state index in [4.69, 9.17) is 5.73 Å². The molecule has 1 aromatic rings. The van der Waals surface area contributed by atoms with E-state index in [-0.39, 0.29) is 0 Å². The summed E-state index contributed by atoms with van der Waals surface area (Å²) in [6, 6.07) is 6.47. The van der Waals surface area contributed by atoms with E-state index in [1.54, 1.807) is 6.20 Å². The molecule has 0 unspecified atom stereocenters. The van der Waals surface area contributed by atoms with Crippen molar-refractivity contribution in [1.29, 1.82) is 0 Å². The van der Waals surface area contributed by atoms with Crippen molar-refractivity contribution in [1.82, 2.24) is 4.90 Å². The van der Waals surface area contributed by atoms with Crippen LogP contribution in [0.5, 0.6) is 0 Å². The lowest BCUT2D eigenvalue weighted by molar-refractivity contribution is 0.323. The molecule has 1 aromatic carbocycles. The molecule has 0 saturated carbocycles. The van der Waals surface area contributed by atoms with Gasteiger partial charge in [-0.15, -0.1) is 0 Å². The van der Waals surface area contributed by atoms with Crippen molar-refractivity contribution < 1.29 is 0 Å². The predicted octanol–water partition coefficient (Wildman–Crippen LogP) is 3.74. The molecule has 148 valence electrons. The molecule has 1 saturated heterocycles. The summed E-state index contributed by atoms with van der Waals surface area (Å²) >= 11 is 0. The van der Waals surface area contributed by atoms with Crippen LogP contribution in [0.4, 0.5) is 0 Å². The Balaban J connectivity index is 2.46. The highest BCUT2D eigenvalue weighted by atomic mass is 15.1. The van der Waals surface area contributed by atoms with Crippen molar-refractivity contribution in [3.05, 3.63) is 46.0 Å². The van der Waals surface area contributed by atoms with Crippen LogP contribution >= 0.6 is 0 Å². The second kappa shape index (κ2) is 10.3. The van der Waals surface area contributed by atoms with Crippen LogP contribution in [0.1, 0.15) is 57.9 Å². The largest absolute Gasteiger partial charge is 0.404 e. The van der Waals surface area contributed by atoms with Gasteiger partial charge < -0.3 is 10.6 Å². The number of benzene rings is 1. The first kappa shape index (κ1) is 21.3. The number of nitrogens with two attached hydrogens (primary N) is 1. The molecule has 1 fully saturated rings. The summed E-state index contributed by atoms with van der Waals surface area (Å²) in [4.78, 5) is 7.04. The number of nitrogens with zero attached hydrogens (tertiary/aromatic N) is 2. The van der Waals surface area contributed by atoms with Gasteiger partial charge in [0.25, 0.3) is 0 Å². The molecule has 1 aliphatic rings. The van der Waals surface area contributed by atoms with E-state index in [2.05, 4.69) is 55.4 Å². The molecule has 3 heteroatoms. The van der Waals surface area contributed by atoms with Gasteiger partial charge in [0, 0.05) is 49.3 Å². The van der Waals surface area contributed by atoms with Crippen molar-refractivity contribution in [2.75, 3.05) is 20.1 Å². The Labute approximate surface area is 165 Å². The summed E-state index contributed by atoms with van der Waals surface area (Å²) in [7, 11) is 1.87. The number of rotatable bonds is 7. The molecule has 0 amide bonds. The highest BCUT2D eigenvalue weighted by molar-refractivity contribution is 6.11. The fourth-order valence-corrected chi connectivity index (χ4v) is 4.24. The van der Waals surface area contributed by atoms with Crippen molar-refractivity contribution in [3.8, 4) is 0 Å². The highest BCUT2D eigenvalue weighted by Gasteiger charge is 2.25. The second-order valence-corrected chi connectivity index (χ2v) is 7.73. The average molecular weight is 368 g/mol. The van der Waals surface area contributed by atoms with Crippen LogP contribution < -0.4 is 16.2 Å². The maximum absolute atomic E-state index is 6.09. The lowest BCUT2D eigenvalue weighted by Crippen LogP contribution is -2.41. The van der Waals surface area contributed by atoms with Crippen LogP contribution in [0, 0.1) is 12.8 Å². The third-order valence-electron chi connectivity index (χ3n) is 5.66. The number of hydrogen-bond acceptors (Lipinski definition) is 3. The first-order chi connectivity index (χ1) is 13.0. The average Bonchev–Trinajstić information content (AvgIpc) is 2.67. The van der Waals surface area contributed by atoms with Gasteiger partial charge >= 0.3 is 0 Å². The smallest absolute Gasteiger partial charge is 0.0552 e. The van der Waals surface area contributed by atoms with Gasteiger partial charge in [-0.1, -0.05) is 63.8 Å². The van der Waals surface area contributed by atoms with Crippen molar-refractivity contribution in [2.45, 2.75) is 59.3 Å². The summed E-state index contributed by atoms with van der Waals surface area (Å²) in [6.07, 6.45) is 9.10. The topological polar surface area (TPSA) is 41.6 Å². The van der Waals surface area contributed by atoms with Gasteiger partial charge in [-0.25, -0.2) is 0 Å². The molecular formula is C24H37N3. The molecule has 0 radical (unpaired) electrons. The number of aliphatic imine (C=N–C) groups is 1. The SMILES string of the molecule is C=c1ccc(C)c/c1=C1/C(=CN)C(=NC)CCN1CCC(CCC)CCC. The summed E-state index contributed by atoms with van der Waals surface area (Å²) in [5.74, 6) is 0.810. The van der Waals surface area contributed by atoms with E-state index >= 15 is 0 Å². The Kier molecular flexibility index (Phi) is 8.15. The maximum Gasteiger partial charge on any atom is 0.0552 e. The summed E-state index contributed by atoms with van der Waals surface area (Å²) < 4.78 is 0. The summed E-state index contributed by atoms with van der Waals surface area (Å²) in [5, 5.41) is 2.24. The van der Waals surface area contributed by atoms with E-state index < -0.39 is 0 Å². The Morgan fingerprint density at radius 3 is 2.52 bits per heavy atom. The Bertz CT molecular complexity index is 782. The Hall–Kier alpha value is -2.03. The molecule has 0 bridgehead atoms.